The lowest BCUT2D eigenvalue weighted by molar-refractivity contribution is 0.0949. The summed E-state index contributed by atoms with van der Waals surface area (Å²) in [4.78, 5) is 23.1. The smallest absolute Gasteiger partial charge is 0.270 e. The molecule has 1 saturated heterocycles. The average Bonchev–Trinajstić information content (AvgIpc) is 2.93. The van der Waals surface area contributed by atoms with Gasteiger partial charge in [0.2, 0.25) is 0 Å². The van der Waals surface area contributed by atoms with Gasteiger partial charge in [-0.25, -0.2) is 9.97 Å². The first-order valence-electron chi connectivity index (χ1n) is 8.82. The van der Waals surface area contributed by atoms with Crippen LogP contribution in [0.15, 0.2) is 36.7 Å². The zero-order valence-electron chi connectivity index (χ0n) is 14.2. The van der Waals surface area contributed by atoms with E-state index >= 15 is 0 Å². The third-order valence-electron chi connectivity index (χ3n) is 4.43. The SMILES string of the molecule is O=C(NCCc1ccc(Cl)cc1)c1cc(N2CCCCCC2)ncn1. The van der Waals surface area contributed by atoms with Crippen LogP contribution in [0.25, 0.3) is 0 Å². The Hall–Kier alpha value is -2.14. The number of rotatable bonds is 5. The lowest BCUT2D eigenvalue weighted by atomic mass is 10.1. The summed E-state index contributed by atoms with van der Waals surface area (Å²) in [5.41, 5.74) is 1.56. The van der Waals surface area contributed by atoms with Crippen LogP contribution in [0.5, 0.6) is 0 Å². The topological polar surface area (TPSA) is 58.1 Å². The Morgan fingerprint density at radius 2 is 1.80 bits per heavy atom. The van der Waals surface area contributed by atoms with E-state index in [-0.39, 0.29) is 5.91 Å². The monoisotopic (exact) mass is 358 g/mol. The standard InChI is InChI=1S/C19H23ClN4O/c20-16-7-5-15(6-8-16)9-10-21-19(25)17-13-18(23-14-22-17)24-11-3-1-2-4-12-24/h5-8,13-14H,1-4,9-12H2,(H,21,25). The van der Waals surface area contributed by atoms with Crippen LogP contribution in [0.3, 0.4) is 0 Å². The van der Waals surface area contributed by atoms with E-state index in [0.29, 0.717) is 12.2 Å². The van der Waals surface area contributed by atoms with Crippen molar-refractivity contribution in [2.24, 2.45) is 0 Å². The van der Waals surface area contributed by atoms with Crippen molar-refractivity contribution >= 4 is 23.3 Å². The van der Waals surface area contributed by atoms with Crippen LogP contribution in [0.4, 0.5) is 5.82 Å². The van der Waals surface area contributed by atoms with E-state index in [4.69, 9.17) is 11.6 Å². The molecule has 5 nitrogen and oxygen atoms in total. The molecule has 0 saturated carbocycles. The van der Waals surface area contributed by atoms with Gasteiger partial charge in [-0.3, -0.25) is 4.79 Å². The maximum atomic E-state index is 12.4. The molecule has 1 aliphatic heterocycles. The first-order valence-corrected chi connectivity index (χ1v) is 9.20. The number of aromatic nitrogens is 2. The molecule has 0 spiro atoms. The van der Waals surface area contributed by atoms with Crippen LogP contribution in [-0.4, -0.2) is 35.5 Å². The molecule has 0 atom stereocenters. The number of halogens is 1. The van der Waals surface area contributed by atoms with Crippen LogP contribution in [0.2, 0.25) is 5.02 Å². The molecular formula is C19H23ClN4O. The van der Waals surface area contributed by atoms with Gasteiger partial charge in [0, 0.05) is 30.7 Å². The predicted molar refractivity (Wildman–Crippen MR) is 100 cm³/mol. The number of benzene rings is 1. The molecule has 0 unspecified atom stereocenters. The van der Waals surface area contributed by atoms with E-state index in [0.717, 1.165) is 35.9 Å². The van der Waals surface area contributed by atoms with Crippen LogP contribution in [0, 0.1) is 0 Å². The number of anilines is 1. The third kappa shape index (κ3) is 5.16. The molecule has 1 fully saturated rings. The zero-order chi connectivity index (χ0) is 17.5. The summed E-state index contributed by atoms with van der Waals surface area (Å²) in [6, 6.07) is 9.45. The minimum atomic E-state index is -0.160. The molecule has 1 aromatic heterocycles. The molecule has 1 amide bonds. The van der Waals surface area contributed by atoms with E-state index in [1.165, 1.54) is 32.0 Å². The summed E-state index contributed by atoms with van der Waals surface area (Å²) in [5, 5.41) is 3.64. The highest BCUT2D eigenvalue weighted by molar-refractivity contribution is 6.30. The highest BCUT2D eigenvalue weighted by Gasteiger charge is 2.14. The second-order valence-electron chi connectivity index (χ2n) is 6.30. The number of carbonyl (C=O) groups excluding carboxylic acids is 1. The number of hydrogen-bond donors (Lipinski definition) is 1. The second kappa shape index (κ2) is 8.81. The van der Waals surface area contributed by atoms with E-state index < -0.39 is 0 Å². The van der Waals surface area contributed by atoms with Crippen LogP contribution in [0.1, 0.15) is 41.7 Å². The molecule has 3 rings (SSSR count). The van der Waals surface area contributed by atoms with Gasteiger partial charge in [-0.2, -0.15) is 0 Å². The quantitative estimate of drug-likeness (QED) is 0.888. The molecule has 2 aromatic rings. The van der Waals surface area contributed by atoms with E-state index in [1.54, 1.807) is 6.07 Å². The lowest BCUT2D eigenvalue weighted by Crippen LogP contribution is -2.28. The van der Waals surface area contributed by atoms with Gasteiger partial charge >= 0.3 is 0 Å². The molecule has 0 bridgehead atoms. The largest absolute Gasteiger partial charge is 0.357 e. The fourth-order valence-corrected chi connectivity index (χ4v) is 3.13. The summed E-state index contributed by atoms with van der Waals surface area (Å²) in [6.45, 7) is 2.55. The highest BCUT2D eigenvalue weighted by atomic mass is 35.5. The van der Waals surface area contributed by atoms with E-state index in [2.05, 4.69) is 20.2 Å². The zero-order valence-corrected chi connectivity index (χ0v) is 15.0. The number of nitrogens with zero attached hydrogens (tertiary/aromatic N) is 3. The first kappa shape index (κ1) is 17.7. The van der Waals surface area contributed by atoms with Gasteiger partial charge in [0.1, 0.15) is 17.8 Å². The summed E-state index contributed by atoms with van der Waals surface area (Å²) in [5.74, 6) is 0.687. The first-order chi connectivity index (χ1) is 12.2. The molecule has 1 N–H and O–H groups in total. The average molecular weight is 359 g/mol. The Kier molecular flexibility index (Phi) is 6.23. The molecule has 25 heavy (non-hydrogen) atoms. The molecule has 132 valence electrons. The molecule has 0 radical (unpaired) electrons. The van der Waals surface area contributed by atoms with Crippen molar-refractivity contribution in [1.82, 2.24) is 15.3 Å². The minimum Gasteiger partial charge on any atom is -0.357 e. The summed E-state index contributed by atoms with van der Waals surface area (Å²) in [7, 11) is 0. The Labute approximate surface area is 153 Å². The molecule has 0 aliphatic carbocycles. The van der Waals surface area contributed by atoms with Gasteiger partial charge in [0.25, 0.3) is 5.91 Å². The van der Waals surface area contributed by atoms with Gasteiger partial charge < -0.3 is 10.2 Å². The summed E-state index contributed by atoms with van der Waals surface area (Å²) >= 11 is 5.88. The van der Waals surface area contributed by atoms with Crippen molar-refractivity contribution in [2.45, 2.75) is 32.1 Å². The van der Waals surface area contributed by atoms with Crippen LogP contribution < -0.4 is 10.2 Å². The Morgan fingerprint density at radius 3 is 2.52 bits per heavy atom. The Morgan fingerprint density at radius 1 is 1.08 bits per heavy atom. The lowest BCUT2D eigenvalue weighted by Gasteiger charge is -2.21. The summed E-state index contributed by atoms with van der Waals surface area (Å²) in [6.07, 6.45) is 7.11. The van der Waals surface area contributed by atoms with E-state index in [9.17, 15) is 4.79 Å². The van der Waals surface area contributed by atoms with Gasteiger partial charge in [-0.1, -0.05) is 36.6 Å². The molecule has 1 aliphatic rings. The van der Waals surface area contributed by atoms with Gasteiger partial charge in [-0.05, 0) is 37.0 Å². The van der Waals surface area contributed by atoms with Crippen LogP contribution in [-0.2, 0) is 6.42 Å². The molecule has 1 aromatic carbocycles. The number of hydrogen-bond acceptors (Lipinski definition) is 4. The second-order valence-corrected chi connectivity index (χ2v) is 6.73. The number of amides is 1. The van der Waals surface area contributed by atoms with Gasteiger partial charge in [0.15, 0.2) is 0 Å². The molecule has 6 heteroatoms. The van der Waals surface area contributed by atoms with Crippen molar-refractivity contribution in [2.75, 3.05) is 24.5 Å². The van der Waals surface area contributed by atoms with E-state index in [1.807, 2.05) is 24.3 Å². The Bertz CT molecular complexity index is 697. The summed E-state index contributed by atoms with van der Waals surface area (Å²) < 4.78 is 0. The highest BCUT2D eigenvalue weighted by Crippen LogP contribution is 2.17. The fraction of sp³-hybridized carbons (Fsp3) is 0.421. The number of carbonyl (C=O) groups is 1. The number of nitrogens with one attached hydrogen (secondary N) is 1. The van der Waals surface area contributed by atoms with Crippen molar-refractivity contribution in [1.29, 1.82) is 0 Å². The molecular weight excluding hydrogens is 336 g/mol. The maximum absolute atomic E-state index is 12.4. The van der Waals surface area contributed by atoms with Crippen molar-refractivity contribution in [3.8, 4) is 0 Å². The molecule has 2 heterocycles. The van der Waals surface area contributed by atoms with Gasteiger partial charge in [0.05, 0.1) is 0 Å². The minimum absolute atomic E-state index is 0.160. The maximum Gasteiger partial charge on any atom is 0.270 e. The van der Waals surface area contributed by atoms with Crippen molar-refractivity contribution in [3.63, 3.8) is 0 Å². The normalized spacial score (nSPS) is 14.8. The predicted octanol–water partition coefficient (Wildman–Crippen LogP) is 3.48. The van der Waals surface area contributed by atoms with Crippen molar-refractivity contribution in [3.05, 3.63) is 52.9 Å². The third-order valence-corrected chi connectivity index (χ3v) is 4.68. The fourth-order valence-electron chi connectivity index (χ4n) is 3.01. The van der Waals surface area contributed by atoms with Crippen molar-refractivity contribution < 1.29 is 4.79 Å². The Balaban J connectivity index is 1.56. The van der Waals surface area contributed by atoms with Gasteiger partial charge in [-0.15, -0.1) is 0 Å². The van der Waals surface area contributed by atoms with Crippen LogP contribution >= 0.6 is 11.6 Å².